The van der Waals surface area contributed by atoms with Crippen molar-refractivity contribution in [3.05, 3.63) is 65.2 Å². The van der Waals surface area contributed by atoms with Crippen LogP contribution in [0.15, 0.2) is 54.6 Å². The van der Waals surface area contributed by atoms with Crippen molar-refractivity contribution in [3.63, 3.8) is 0 Å². The largest absolute Gasteiger partial charge is 0.366 e. The summed E-state index contributed by atoms with van der Waals surface area (Å²) in [5.74, 6) is -0.607. The van der Waals surface area contributed by atoms with Crippen LogP contribution in [0, 0.1) is 0 Å². The number of piperidine rings is 1. The molecule has 2 aromatic rings. The Morgan fingerprint density at radius 3 is 2.29 bits per heavy atom. The fourth-order valence-corrected chi connectivity index (χ4v) is 5.36. The van der Waals surface area contributed by atoms with Crippen molar-refractivity contribution in [2.45, 2.75) is 31.0 Å². The lowest BCUT2D eigenvalue weighted by Gasteiger charge is -2.47. The zero-order valence-electron chi connectivity index (χ0n) is 20.3. The third kappa shape index (κ3) is 5.95. The molecule has 0 aromatic heterocycles. The first-order valence-electron chi connectivity index (χ1n) is 12.3. The Morgan fingerprint density at radius 1 is 0.943 bits per heavy atom. The van der Waals surface area contributed by atoms with E-state index in [1.807, 2.05) is 35.2 Å². The topological polar surface area (TPSA) is 93.9 Å². The highest BCUT2D eigenvalue weighted by molar-refractivity contribution is 6.30. The van der Waals surface area contributed by atoms with Gasteiger partial charge in [0.2, 0.25) is 5.66 Å². The highest BCUT2D eigenvalue weighted by Gasteiger charge is 2.47. The second-order valence-corrected chi connectivity index (χ2v) is 9.87. The summed E-state index contributed by atoms with van der Waals surface area (Å²) in [6, 6.07) is 16.0. The van der Waals surface area contributed by atoms with E-state index in [1.165, 1.54) is 6.42 Å². The summed E-state index contributed by atoms with van der Waals surface area (Å²) in [4.78, 5) is 33.2. The fourth-order valence-electron chi connectivity index (χ4n) is 5.23. The van der Waals surface area contributed by atoms with E-state index >= 15 is 0 Å². The number of likely N-dealkylation sites (tertiary alicyclic amines) is 1. The van der Waals surface area contributed by atoms with Crippen molar-refractivity contribution in [1.82, 2.24) is 20.0 Å². The van der Waals surface area contributed by atoms with Crippen molar-refractivity contribution in [3.8, 4) is 0 Å². The predicted molar refractivity (Wildman–Crippen MR) is 139 cm³/mol. The molecule has 3 amide bonds. The maximum Gasteiger partial charge on any atom is 0.321 e. The average molecular weight is 499 g/mol. The van der Waals surface area contributed by atoms with E-state index in [-0.39, 0.29) is 0 Å². The molecule has 2 aliphatic heterocycles. The van der Waals surface area contributed by atoms with Crippen LogP contribution in [0.5, 0.6) is 0 Å². The third-order valence-corrected chi connectivity index (χ3v) is 7.41. The van der Waals surface area contributed by atoms with E-state index in [1.54, 1.807) is 24.3 Å². The van der Waals surface area contributed by atoms with Crippen LogP contribution in [0.25, 0.3) is 0 Å². The van der Waals surface area contributed by atoms with Crippen molar-refractivity contribution >= 4 is 29.2 Å². The van der Waals surface area contributed by atoms with E-state index in [9.17, 15) is 9.59 Å². The number of rotatable bonds is 6. The van der Waals surface area contributed by atoms with Crippen LogP contribution in [0.1, 0.15) is 24.8 Å². The minimum Gasteiger partial charge on any atom is -0.366 e. The number of nitrogens with two attached hydrogens (primary N) is 1. The van der Waals surface area contributed by atoms with E-state index in [0.717, 1.165) is 39.0 Å². The van der Waals surface area contributed by atoms with Crippen LogP contribution in [-0.2, 0) is 10.5 Å². The molecule has 0 aliphatic carbocycles. The molecule has 2 aromatic carbocycles. The van der Waals surface area contributed by atoms with Gasteiger partial charge in [0.25, 0.3) is 5.91 Å². The van der Waals surface area contributed by atoms with Gasteiger partial charge >= 0.3 is 6.03 Å². The standard InChI is InChI=1S/C26H35ClN6O2/c1-31-14-5-15-32(19-18-31)23-12-16-33(17-13-23)26(24(28)34,20-6-3-2-4-7-20)30-25(35)29-22-10-8-21(27)9-11-22/h2-4,6-11,23H,5,12-19H2,1H3,(H2,28,34)(H2,29,30,35)/t26-/m1/s1. The van der Waals surface area contributed by atoms with Gasteiger partial charge in [0.05, 0.1) is 0 Å². The number of anilines is 1. The molecule has 4 rings (SSSR count). The average Bonchev–Trinajstić information content (AvgIpc) is 3.09. The van der Waals surface area contributed by atoms with Crippen molar-refractivity contribution < 1.29 is 9.59 Å². The first kappa shape index (κ1) is 25.4. The lowest BCUT2D eigenvalue weighted by atomic mass is 9.92. The minimum atomic E-state index is -1.46. The summed E-state index contributed by atoms with van der Waals surface area (Å²) in [5, 5.41) is 6.32. The number of nitrogens with one attached hydrogen (secondary N) is 2. The Balaban J connectivity index is 1.53. The number of carbonyl (C=O) groups is 2. The van der Waals surface area contributed by atoms with Crippen molar-refractivity contribution in [2.75, 3.05) is 51.6 Å². The number of nitrogens with zero attached hydrogens (tertiary/aromatic N) is 3. The van der Waals surface area contributed by atoms with Gasteiger partial charge in [-0.25, -0.2) is 4.79 Å². The van der Waals surface area contributed by atoms with E-state index in [0.29, 0.717) is 35.4 Å². The lowest BCUT2D eigenvalue weighted by Crippen LogP contribution is -2.67. The smallest absolute Gasteiger partial charge is 0.321 e. The maximum absolute atomic E-state index is 13.1. The molecule has 2 saturated heterocycles. The fraction of sp³-hybridized carbons (Fsp3) is 0.462. The van der Waals surface area contributed by atoms with Gasteiger partial charge in [-0.15, -0.1) is 0 Å². The molecule has 188 valence electrons. The number of primary amides is 1. The van der Waals surface area contributed by atoms with Crippen LogP contribution in [0.2, 0.25) is 5.02 Å². The zero-order chi connectivity index (χ0) is 24.8. The van der Waals surface area contributed by atoms with Crippen LogP contribution in [0.3, 0.4) is 0 Å². The molecule has 2 heterocycles. The normalized spacial score (nSPS) is 20.5. The molecular weight excluding hydrogens is 464 g/mol. The SMILES string of the molecule is CN1CCCN(C2CCN([C@@](NC(=O)Nc3ccc(Cl)cc3)(C(N)=O)c3ccccc3)CC2)CC1. The predicted octanol–water partition coefficient (Wildman–Crippen LogP) is 2.90. The number of likely N-dealkylation sites (N-methyl/N-ethyl adjacent to an activating group) is 1. The molecular formula is C26H35ClN6O2. The number of amides is 3. The Hall–Kier alpha value is -2.65. The van der Waals surface area contributed by atoms with Crippen LogP contribution >= 0.6 is 11.6 Å². The number of benzene rings is 2. The second-order valence-electron chi connectivity index (χ2n) is 9.44. The quantitative estimate of drug-likeness (QED) is 0.569. The Labute approximate surface area is 212 Å². The number of halogens is 1. The Kier molecular flexibility index (Phi) is 8.28. The zero-order valence-corrected chi connectivity index (χ0v) is 21.0. The van der Waals surface area contributed by atoms with Gasteiger partial charge in [-0.2, -0.15) is 0 Å². The molecule has 2 fully saturated rings. The molecule has 9 heteroatoms. The maximum atomic E-state index is 13.1. The first-order valence-corrected chi connectivity index (χ1v) is 12.6. The minimum absolute atomic E-state index is 0.460. The summed E-state index contributed by atoms with van der Waals surface area (Å²) >= 11 is 5.96. The van der Waals surface area contributed by atoms with Crippen molar-refractivity contribution in [2.24, 2.45) is 5.73 Å². The molecule has 4 N–H and O–H groups in total. The third-order valence-electron chi connectivity index (χ3n) is 7.15. The monoisotopic (exact) mass is 498 g/mol. The molecule has 0 spiro atoms. The summed E-state index contributed by atoms with van der Waals surface area (Å²) in [5.41, 5.74) is 5.82. The summed E-state index contributed by atoms with van der Waals surface area (Å²) in [7, 11) is 2.17. The Morgan fingerprint density at radius 2 is 1.63 bits per heavy atom. The Bertz CT molecular complexity index is 997. The number of carbonyl (C=O) groups excluding carboxylic acids is 2. The molecule has 2 aliphatic rings. The second kappa shape index (κ2) is 11.4. The molecule has 0 bridgehead atoms. The van der Waals surface area contributed by atoms with E-state index in [2.05, 4.69) is 27.5 Å². The molecule has 0 radical (unpaired) electrons. The summed E-state index contributed by atoms with van der Waals surface area (Å²) in [6.07, 6.45) is 2.98. The van der Waals surface area contributed by atoms with Crippen LogP contribution < -0.4 is 16.4 Å². The van der Waals surface area contributed by atoms with Crippen LogP contribution in [0.4, 0.5) is 10.5 Å². The van der Waals surface area contributed by atoms with Gasteiger partial charge in [0.1, 0.15) is 0 Å². The molecule has 0 unspecified atom stereocenters. The summed E-state index contributed by atoms with van der Waals surface area (Å²) in [6.45, 7) is 5.65. The van der Waals surface area contributed by atoms with Gasteiger partial charge in [0.15, 0.2) is 0 Å². The van der Waals surface area contributed by atoms with E-state index in [4.69, 9.17) is 17.3 Å². The molecule has 8 nitrogen and oxygen atoms in total. The first-order chi connectivity index (χ1) is 16.9. The molecule has 0 saturated carbocycles. The molecule has 1 atom stereocenters. The van der Waals surface area contributed by atoms with Gasteiger partial charge in [-0.1, -0.05) is 41.9 Å². The molecule has 35 heavy (non-hydrogen) atoms. The van der Waals surface area contributed by atoms with Crippen molar-refractivity contribution in [1.29, 1.82) is 0 Å². The van der Waals surface area contributed by atoms with Gasteiger partial charge in [0, 0.05) is 48.5 Å². The highest BCUT2D eigenvalue weighted by Crippen LogP contribution is 2.31. The summed E-state index contributed by atoms with van der Waals surface area (Å²) < 4.78 is 0. The van der Waals surface area contributed by atoms with Gasteiger partial charge in [-0.3, -0.25) is 14.6 Å². The number of hydrogen-bond acceptors (Lipinski definition) is 5. The van der Waals surface area contributed by atoms with E-state index < -0.39 is 17.6 Å². The van der Waals surface area contributed by atoms with Gasteiger partial charge < -0.3 is 21.3 Å². The van der Waals surface area contributed by atoms with Crippen LogP contribution in [-0.4, -0.2) is 79.0 Å². The lowest BCUT2D eigenvalue weighted by molar-refractivity contribution is -0.134. The highest BCUT2D eigenvalue weighted by atomic mass is 35.5. The number of hydrogen-bond donors (Lipinski definition) is 3. The van der Waals surface area contributed by atoms with Gasteiger partial charge in [-0.05, 0) is 63.7 Å². The number of urea groups is 1.